The van der Waals surface area contributed by atoms with Gasteiger partial charge in [-0.1, -0.05) is 24.8 Å². The van der Waals surface area contributed by atoms with Crippen LogP contribution in [0.15, 0.2) is 67.5 Å². The molecule has 0 aliphatic carbocycles. The number of rotatable bonds is 8. The normalized spacial score (nSPS) is 14.9. The quantitative estimate of drug-likeness (QED) is 0.278. The molecule has 4 N–H and O–H groups in total. The van der Waals surface area contributed by atoms with Crippen molar-refractivity contribution >= 4 is 40.0 Å². The summed E-state index contributed by atoms with van der Waals surface area (Å²) >= 11 is 0. The van der Waals surface area contributed by atoms with Gasteiger partial charge in [-0.25, -0.2) is 9.97 Å². The van der Waals surface area contributed by atoms with Crippen molar-refractivity contribution in [3.63, 3.8) is 0 Å². The Morgan fingerprint density at radius 3 is 2.92 bits per heavy atom. The summed E-state index contributed by atoms with van der Waals surface area (Å²) in [6, 6.07) is 13.5. The number of hydrogen-bond acceptors (Lipinski definition) is 9. The second-order valence-corrected chi connectivity index (χ2v) is 8.27. The first-order chi connectivity index (χ1) is 17.6. The molecule has 1 amide bonds. The van der Waals surface area contributed by atoms with Crippen molar-refractivity contribution < 1.29 is 9.53 Å². The first-order valence-corrected chi connectivity index (χ1v) is 11.6. The van der Waals surface area contributed by atoms with E-state index in [1.807, 2.05) is 30.3 Å². The first-order valence-electron chi connectivity index (χ1n) is 11.6. The van der Waals surface area contributed by atoms with Crippen molar-refractivity contribution in [1.29, 1.82) is 0 Å². The van der Waals surface area contributed by atoms with Crippen molar-refractivity contribution in [2.24, 2.45) is 0 Å². The van der Waals surface area contributed by atoms with E-state index in [9.17, 15) is 4.79 Å². The average molecular weight is 483 g/mol. The number of benzene rings is 1. The summed E-state index contributed by atoms with van der Waals surface area (Å²) in [5.41, 5.74) is 3.46. The Hall–Kier alpha value is -4.57. The third kappa shape index (κ3) is 5.08. The summed E-state index contributed by atoms with van der Waals surface area (Å²) in [5.74, 6) is 1.30. The lowest BCUT2D eigenvalue weighted by atomic mass is 10.1. The van der Waals surface area contributed by atoms with E-state index in [-0.39, 0.29) is 5.91 Å². The van der Waals surface area contributed by atoms with Gasteiger partial charge >= 0.3 is 0 Å². The van der Waals surface area contributed by atoms with Gasteiger partial charge in [0, 0.05) is 41.6 Å². The Bertz CT molecular complexity index is 1420. The van der Waals surface area contributed by atoms with Gasteiger partial charge in [-0.15, -0.1) is 0 Å². The van der Waals surface area contributed by atoms with E-state index in [4.69, 9.17) is 9.72 Å². The number of methoxy groups -OCH3 is 1. The summed E-state index contributed by atoms with van der Waals surface area (Å²) in [6.07, 6.45) is 5.66. The molecule has 10 heteroatoms. The third-order valence-electron chi connectivity index (χ3n) is 5.81. The number of hydrogen-bond donors (Lipinski definition) is 4. The van der Waals surface area contributed by atoms with Crippen molar-refractivity contribution in [3.8, 4) is 17.1 Å². The van der Waals surface area contributed by atoms with Gasteiger partial charge in [0.15, 0.2) is 0 Å². The van der Waals surface area contributed by atoms with E-state index in [2.05, 4.69) is 42.8 Å². The lowest BCUT2D eigenvalue weighted by Gasteiger charge is -2.15. The number of amides is 1. The lowest BCUT2D eigenvalue weighted by molar-refractivity contribution is -0.111. The average Bonchev–Trinajstić information content (AvgIpc) is 3.42. The topological polar surface area (TPSA) is 126 Å². The second kappa shape index (κ2) is 10.4. The molecule has 5 rings (SSSR count). The van der Waals surface area contributed by atoms with Crippen molar-refractivity contribution in [2.45, 2.75) is 12.5 Å². The van der Waals surface area contributed by atoms with Gasteiger partial charge in [0.1, 0.15) is 11.5 Å². The zero-order valence-corrected chi connectivity index (χ0v) is 19.8. The molecular formula is C26H26N8O2. The Labute approximate surface area is 208 Å². The Morgan fingerprint density at radius 2 is 2.11 bits per heavy atom. The standard InChI is InChI=1S/C26H26N8O2/c1-3-23(35)31-17-10-12-28-21(13-17)19-6-4-5-16-14-29-26(34-24(16)19)32-20-7-8-22(33-25(20)36-2)30-18-9-11-27-15-18/h3-8,10,12-14,18,27H,1,9,11,15H2,2H3,(H,30,33)(H,28,31,35)(H,29,32,34)/t18-/m1/s1. The molecule has 0 radical (unpaired) electrons. The zero-order chi connectivity index (χ0) is 24.9. The molecule has 182 valence electrons. The van der Waals surface area contributed by atoms with Crippen LogP contribution < -0.4 is 26.0 Å². The molecule has 1 atom stereocenters. The van der Waals surface area contributed by atoms with E-state index in [1.165, 1.54) is 6.08 Å². The Morgan fingerprint density at radius 1 is 1.19 bits per heavy atom. The highest BCUT2D eigenvalue weighted by Crippen LogP contribution is 2.30. The summed E-state index contributed by atoms with van der Waals surface area (Å²) < 4.78 is 5.52. The molecule has 3 aromatic heterocycles. The van der Waals surface area contributed by atoms with Crippen LogP contribution in [-0.2, 0) is 4.79 Å². The lowest BCUT2D eigenvalue weighted by Crippen LogP contribution is -2.22. The van der Waals surface area contributed by atoms with Crippen LogP contribution >= 0.6 is 0 Å². The van der Waals surface area contributed by atoms with Gasteiger partial charge < -0.3 is 26.0 Å². The van der Waals surface area contributed by atoms with Crippen molar-refractivity contribution in [2.75, 3.05) is 36.1 Å². The number of anilines is 4. The molecule has 0 unspecified atom stereocenters. The van der Waals surface area contributed by atoms with E-state index in [1.54, 1.807) is 31.6 Å². The molecule has 0 saturated carbocycles. The summed E-state index contributed by atoms with van der Waals surface area (Å²) in [7, 11) is 1.58. The highest BCUT2D eigenvalue weighted by Gasteiger charge is 2.16. The smallest absolute Gasteiger partial charge is 0.247 e. The number of para-hydroxylation sites is 1. The summed E-state index contributed by atoms with van der Waals surface area (Å²) in [6.45, 7) is 5.40. The number of nitrogens with zero attached hydrogens (tertiary/aromatic N) is 4. The van der Waals surface area contributed by atoms with E-state index < -0.39 is 0 Å². The molecule has 1 aromatic carbocycles. The molecular weight excluding hydrogens is 456 g/mol. The highest BCUT2D eigenvalue weighted by atomic mass is 16.5. The monoisotopic (exact) mass is 482 g/mol. The maximum atomic E-state index is 11.7. The van der Waals surface area contributed by atoms with Crippen LogP contribution in [0.4, 0.5) is 23.1 Å². The number of pyridine rings is 2. The summed E-state index contributed by atoms with van der Waals surface area (Å²) in [5, 5.41) is 13.6. The maximum Gasteiger partial charge on any atom is 0.247 e. The Balaban J connectivity index is 1.44. The molecule has 1 saturated heterocycles. The number of fused-ring (bicyclic) bond motifs is 1. The van der Waals surface area contributed by atoms with Crippen LogP contribution in [0.3, 0.4) is 0 Å². The number of nitrogens with one attached hydrogen (secondary N) is 4. The van der Waals surface area contributed by atoms with E-state index in [0.29, 0.717) is 40.5 Å². The highest BCUT2D eigenvalue weighted by molar-refractivity contribution is 5.99. The minimum atomic E-state index is -0.289. The maximum absolute atomic E-state index is 11.7. The molecule has 36 heavy (non-hydrogen) atoms. The molecule has 0 bridgehead atoms. The summed E-state index contributed by atoms with van der Waals surface area (Å²) in [4.78, 5) is 30.0. The predicted molar refractivity (Wildman–Crippen MR) is 141 cm³/mol. The van der Waals surface area contributed by atoms with Crippen LogP contribution in [0.5, 0.6) is 5.88 Å². The van der Waals surface area contributed by atoms with E-state index in [0.717, 1.165) is 36.3 Å². The number of aromatic nitrogens is 4. The Kier molecular flexibility index (Phi) is 6.67. The molecule has 4 heterocycles. The molecule has 10 nitrogen and oxygen atoms in total. The van der Waals surface area contributed by atoms with Gasteiger partial charge in [-0.3, -0.25) is 9.78 Å². The fraction of sp³-hybridized carbons (Fsp3) is 0.192. The van der Waals surface area contributed by atoms with Crippen LogP contribution in [0, 0.1) is 0 Å². The van der Waals surface area contributed by atoms with Gasteiger partial charge in [-0.2, -0.15) is 4.98 Å². The molecule has 4 aromatic rings. The van der Waals surface area contributed by atoms with Crippen LogP contribution in [0.1, 0.15) is 6.42 Å². The van der Waals surface area contributed by atoms with Crippen LogP contribution in [0.2, 0.25) is 0 Å². The van der Waals surface area contributed by atoms with Crippen molar-refractivity contribution in [3.05, 3.63) is 67.5 Å². The molecule has 1 aliphatic heterocycles. The minimum Gasteiger partial charge on any atom is -0.479 e. The zero-order valence-electron chi connectivity index (χ0n) is 19.8. The van der Waals surface area contributed by atoms with Crippen molar-refractivity contribution in [1.82, 2.24) is 25.3 Å². The van der Waals surface area contributed by atoms with Gasteiger partial charge in [0.05, 0.1) is 18.3 Å². The fourth-order valence-electron chi connectivity index (χ4n) is 4.05. The van der Waals surface area contributed by atoms with Gasteiger partial charge in [0.2, 0.25) is 17.7 Å². The SMILES string of the molecule is C=CC(=O)Nc1ccnc(-c2cccc3cnc(Nc4ccc(N[C@@H]5CCNC5)nc4OC)nc23)c1. The van der Waals surface area contributed by atoms with Crippen LogP contribution in [0.25, 0.3) is 22.2 Å². The fourth-order valence-corrected chi connectivity index (χ4v) is 4.05. The van der Waals surface area contributed by atoms with Gasteiger partial charge in [0.25, 0.3) is 0 Å². The minimum absolute atomic E-state index is 0.289. The predicted octanol–water partition coefficient (Wildman–Crippen LogP) is 3.74. The number of carbonyl (C=O) groups excluding carboxylic acids is 1. The van der Waals surface area contributed by atoms with E-state index >= 15 is 0 Å². The largest absolute Gasteiger partial charge is 0.479 e. The number of carbonyl (C=O) groups is 1. The van der Waals surface area contributed by atoms with Crippen LogP contribution in [-0.4, -0.2) is 52.1 Å². The third-order valence-corrected chi connectivity index (χ3v) is 5.81. The number of ether oxygens (including phenoxy) is 1. The second-order valence-electron chi connectivity index (χ2n) is 8.27. The molecule has 1 aliphatic rings. The molecule has 0 spiro atoms. The first kappa shape index (κ1) is 23.2. The van der Waals surface area contributed by atoms with Gasteiger partial charge in [-0.05, 0) is 43.3 Å². The molecule has 1 fully saturated rings.